The fraction of sp³-hybridized carbons (Fsp3) is 0.917. The van der Waals surface area contributed by atoms with Crippen molar-refractivity contribution in [1.29, 1.82) is 0 Å². The van der Waals surface area contributed by atoms with Crippen LogP contribution < -0.4 is 5.32 Å². The Morgan fingerprint density at radius 3 is 2.94 bits per heavy atom. The highest BCUT2D eigenvalue weighted by molar-refractivity contribution is 5.78. The molecular weight excluding hydrogens is 204 g/mol. The van der Waals surface area contributed by atoms with Gasteiger partial charge >= 0.3 is 0 Å². The van der Waals surface area contributed by atoms with E-state index in [9.17, 15) is 4.79 Å². The van der Waals surface area contributed by atoms with Crippen LogP contribution in [-0.4, -0.2) is 48.7 Å². The predicted molar refractivity (Wildman–Crippen MR) is 64.1 cm³/mol. The lowest BCUT2D eigenvalue weighted by molar-refractivity contribution is -0.122. The molecule has 1 heterocycles. The van der Waals surface area contributed by atoms with Crippen LogP contribution in [0.15, 0.2) is 0 Å². The summed E-state index contributed by atoms with van der Waals surface area (Å²) in [6, 6.07) is 0. The predicted octanol–water partition coefficient (Wildman–Crippen LogP) is 0.463. The van der Waals surface area contributed by atoms with E-state index in [1.165, 1.54) is 0 Å². The summed E-state index contributed by atoms with van der Waals surface area (Å²) in [5.41, 5.74) is 0. The highest BCUT2D eigenvalue weighted by Crippen LogP contribution is 2.18. The smallest absolute Gasteiger partial charge is 0.234 e. The maximum atomic E-state index is 11.6. The number of hydrogen-bond donors (Lipinski definition) is 2. The zero-order valence-electron chi connectivity index (χ0n) is 10.4. The molecule has 0 radical (unpaired) electrons. The second kappa shape index (κ2) is 6.86. The van der Waals surface area contributed by atoms with Gasteiger partial charge in [0.2, 0.25) is 5.91 Å². The Morgan fingerprint density at radius 2 is 2.31 bits per heavy atom. The summed E-state index contributed by atoms with van der Waals surface area (Å²) < 4.78 is 0. The summed E-state index contributed by atoms with van der Waals surface area (Å²) in [6.45, 7) is 7.65. The first-order valence-corrected chi connectivity index (χ1v) is 6.21. The summed E-state index contributed by atoms with van der Waals surface area (Å²) in [6.07, 6.45) is 1.97. The number of aliphatic hydroxyl groups excluding tert-OH is 1. The van der Waals surface area contributed by atoms with Crippen LogP contribution >= 0.6 is 0 Å². The molecule has 0 aliphatic carbocycles. The molecule has 1 atom stereocenters. The Kier molecular flexibility index (Phi) is 5.77. The molecule has 1 amide bonds. The fourth-order valence-electron chi connectivity index (χ4n) is 2.05. The number of nitrogens with one attached hydrogen (secondary N) is 1. The molecule has 1 rings (SSSR count). The molecule has 0 aromatic heterocycles. The molecule has 1 fully saturated rings. The molecule has 1 aliphatic rings. The number of nitrogens with zero attached hydrogens (tertiary/aromatic N) is 1. The zero-order valence-corrected chi connectivity index (χ0v) is 10.4. The highest BCUT2D eigenvalue weighted by Gasteiger charge is 2.23. The molecule has 0 bridgehead atoms. The van der Waals surface area contributed by atoms with Gasteiger partial charge in [-0.25, -0.2) is 0 Å². The number of amides is 1. The first-order valence-electron chi connectivity index (χ1n) is 6.21. The lowest BCUT2D eigenvalue weighted by Crippen LogP contribution is -2.37. The van der Waals surface area contributed by atoms with Gasteiger partial charge in [-0.05, 0) is 31.2 Å². The molecule has 0 saturated carbocycles. The van der Waals surface area contributed by atoms with Crippen LogP contribution in [0.1, 0.15) is 26.7 Å². The largest absolute Gasteiger partial charge is 0.396 e. The van der Waals surface area contributed by atoms with Gasteiger partial charge in [0.1, 0.15) is 0 Å². The Morgan fingerprint density at radius 1 is 1.56 bits per heavy atom. The number of hydrogen-bond acceptors (Lipinski definition) is 3. The Hall–Kier alpha value is -0.610. The summed E-state index contributed by atoms with van der Waals surface area (Å²) in [4.78, 5) is 13.7. The van der Waals surface area contributed by atoms with E-state index in [0.29, 0.717) is 18.4 Å². The van der Waals surface area contributed by atoms with Crippen LogP contribution in [0.2, 0.25) is 0 Å². The fourth-order valence-corrected chi connectivity index (χ4v) is 2.05. The van der Waals surface area contributed by atoms with E-state index in [1.54, 1.807) is 0 Å². The minimum atomic E-state index is 0.123. The van der Waals surface area contributed by atoms with Crippen molar-refractivity contribution in [2.45, 2.75) is 26.7 Å². The average Bonchev–Trinajstić information content (AvgIpc) is 2.63. The normalized spacial score (nSPS) is 21.6. The molecule has 0 aromatic carbocycles. The summed E-state index contributed by atoms with van der Waals surface area (Å²) >= 11 is 0. The van der Waals surface area contributed by atoms with Crippen molar-refractivity contribution in [2.75, 3.05) is 32.8 Å². The first kappa shape index (κ1) is 13.5. The quantitative estimate of drug-likeness (QED) is 0.694. The maximum Gasteiger partial charge on any atom is 0.234 e. The minimum Gasteiger partial charge on any atom is -0.396 e. The SMILES string of the molecule is CC(C)CNC(=O)CN1CC[C@@H](CCO)C1. The number of aliphatic hydroxyl groups is 1. The third-order valence-electron chi connectivity index (χ3n) is 2.98. The number of rotatable bonds is 6. The van der Waals surface area contributed by atoms with Crippen molar-refractivity contribution in [3.05, 3.63) is 0 Å². The Balaban J connectivity index is 2.15. The van der Waals surface area contributed by atoms with Crippen molar-refractivity contribution in [3.63, 3.8) is 0 Å². The van der Waals surface area contributed by atoms with Crippen LogP contribution in [0, 0.1) is 11.8 Å². The first-order chi connectivity index (χ1) is 7.61. The Bertz CT molecular complexity index is 219. The van der Waals surface area contributed by atoms with Crippen LogP contribution in [0.3, 0.4) is 0 Å². The van der Waals surface area contributed by atoms with Gasteiger partial charge in [0, 0.05) is 19.7 Å². The molecule has 2 N–H and O–H groups in total. The van der Waals surface area contributed by atoms with Gasteiger partial charge in [-0.1, -0.05) is 13.8 Å². The number of likely N-dealkylation sites (tertiary alicyclic amines) is 1. The maximum absolute atomic E-state index is 11.6. The Labute approximate surface area is 98.0 Å². The van der Waals surface area contributed by atoms with Crippen molar-refractivity contribution in [2.24, 2.45) is 11.8 Å². The van der Waals surface area contributed by atoms with E-state index in [-0.39, 0.29) is 12.5 Å². The van der Waals surface area contributed by atoms with Crippen LogP contribution in [0.4, 0.5) is 0 Å². The van der Waals surface area contributed by atoms with E-state index in [2.05, 4.69) is 24.1 Å². The molecule has 4 nitrogen and oxygen atoms in total. The molecule has 94 valence electrons. The molecular formula is C12H24N2O2. The van der Waals surface area contributed by atoms with Gasteiger partial charge in [0.05, 0.1) is 6.54 Å². The van der Waals surface area contributed by atoms with Crippen molar-refractivity contribution in [3.8, 4) is 0 Å². The summed E-state index contributed by atoms with van der Waals surface area (Å²) in [5.74, 6) is 1.20. The van der Waals surface area contributed by atoms with Crippen LogP contribution in [0.25, 0.3) is 0 Å². The highest BCUT2D eigenvalue weighted by atomic mass is 16.3. The standard InChI is InChI=1S/C12H24N2O2/c1-10(2)7-13-12(16)9-14-5-3-11(8-14)4-6-15/h10-11,15H,3-9H2,1-2H3,(H,13,16)/t11-/m0/s1. The van der Waals surface area contributed by atoms with E-state index >= 15 is 0 Å². The average molecular weight is 228 g/mol. The van der Waals surface area contributed by atoms with E-state index in [1.807, 2.05) is 0 Å². The second-order valence-corrected chi connectivity index (χ2v) is 5.10. The third-order valence-corrected chi connectivity index (χ3v) is 2.98. The molecule has 1 saturated heterocycles. The molecule has 0 spiro atoms. The van der Waals surface area contributed by atoms with Crippen LogP contribution in [0.5, 0.6) is 0 Å². The number of carbonyl (C=O) groups is 1. The third kappa shape index (κ3) is 4.94. The molecule has 0 unspecified atom stereocenters. The van der Waals surface area contributed by atoms with Gasteiger partial charge in [0.15, 0.2) is 0 Å². The monoisotopic (exact) mass is 228 g/mol. The second-order valence-electron chi connectivity index (χ2n) is 5.10. The minimum absolute atomic E-state index is 0.123. The van der Waals surface area contributed by atoms with Crippen molar-refractivity contribution in [1.82, 2.24) is 10.2 Å². The lowest BCUT2D eigenvalue weighted by Gasteiger charge is -2.16. The van der Waals surface area contributed by atoms with E-state index < -0.39 is 0 Å². The zero-order chi connectivity index (χ0) is 12.0. The van der Waals surface area contributed by atoms with E-state index in [4.69, 9.17) is 5.11 Å². The van der Waals surface area contributed by atoms with Gasteiger partial charge < -0.3 is 10.4 Å². The topological polar surface area (TPSA) is 52.6 Å². The van der Waals surface area contributed by atoms with Crippen molar-refractivity contribution < 1.29 is 9.90 Å². The molecule has 0 aromatic rings. The van der Waals surface area contributed by atoms with Crippen LogP contribution in [-0.2, 0) is 4.79 Å². The lowest BCUT2D eigenvalue weighted by atomic mass is 10.1. The summed E-state index contributed by atoms with van der Waals surface area (Å²) in [5, 5.41) is 11.8. The molecule has 16 heavy (non-hydrogen) atoms. The van der Waals surface area contributed by atoms with Gasteiger partial charge in [-0.3, -0.25) is 9.69 Å². The summed E-state index contributed by atoms with van der Waals surface area (Å²) in [7, 11) is 0. The van der Waals surface area contributed by atoms with Gasteiger partial charge in [-0.2, -0.15) is 0 Å². The van der Waals surface area contributed by atoms with Gasteiger partial charge in [0.25, 0.3) is 0 Å². The number of carbonyl (C=O) groups excluding carboxylic acids is 1. The molecule has 1 aliphatic heterocycles. The van der Waals surface area contributed by atoms with Crippen molar-refractivity contribution >= 4 is 5.91 Å². The van der Waals surface area contributed by atoms with E-state index in [0.717, 1.165) is 32.5 Å². The van der Waals surface area contributed by atoms with Gasteiger partial charge in [-0.15, -0.1) is 0 Å². The molecule has 4 heteroatoms.